The average Bonchev–Trinajstić information content (AvgIpc) is 2.50. The standard InChI is InChI=1S/C18H19NO4/c1-11(2)22-17(20)13-6-8-15(9-7-13)23-18(21)14-5-4-12(3)16(19)10-14/h4-11H,19H2,1-3H3. The first-order chi connectivity index (χ1) is 10.9. The third-order valence-electron chi connectivity index (χ3n) is 3.16. The van der Waals surface area contributed by atoms with Gasteiger partial charge in [-0.2, -0.15) is 0 Å². The quantitative estimate of drug-likeness (QED) is 0.532. The molecule has 2 N–H and O–H groups in total. The van der Waals surface area contributed by atoms with Gasteiger partial charge in [0.25, 0.3) is 0 Å². The van der Waals surface area contributed by atoms with Gasteiger partial charge in [-0.15, -0.1) is 0 Å². The Bertz CT molecular complexity index is 720. The molecule has 0 spiro atoms. The largest absolute Gasteiger partial charge is 0.459 e. The lowest BCUT2D eigenvalue weighted by Crippen LogP contribution is -2.12. The van der Waals surface area contributed by atoms with Crippen molar-refractivity contribution in [2.45, 2.75) is 26.9 Å². The number of anilines is 1. The zero-order valence-electron chi connectivity index (χ0n) is 13.3. The lowest BCUT2D eigenvalue weighted by molar-refractivity contribution is 0.0378. The highest BCUT2D eigenvalue weighted by Crippen LogP contribution is 2.18. The van der Waals surface area contributed by atoms with Crippen molar-refractivity contribution in [3.05, 3.63) is 59.2 Å². The van der Waals surface area contributed by atoms with Crippen molar-refractivity contribution in [1.82, 2.24) is 0 Å². The molecular formula is C18H19NO4. The summed E-state index contributed by atoms with van der Waals surface area (Å²) in [6, 6.07) is 11.2. The van der Waals surface area contributed by atoms with E-state index in [9.17, 15) is 9.59 Å². The maximum absolute atomic E-state index is 12.1. The molecule has 0 fully saturated rings. The van der Waals surface area contributed by atoms with E-state index in [-0.39, 0.29) is 6.10 Å². The highest BCUT2D eigenvalue weighted by molar-refractivity contribution is 5.93. The smallest absolute Gasteiger partial charge is 0.343 e. The molecule has 0 aliphatic carbocycles. The molecule has 0 aromatic heterocycles. The van der Waals surface area contributed by atoms with Crippen molar-refractivity contribution in [1.29, 1.82) is 0 Å². The molecular weight excluding hydrogens is 294 g/mol. The molecule has 0 aliphatic rings. The van der Waals surface area contributed by atoms with Crippen molar-refractivity contribution in [2.24, 2.45) is 0 Å². The zero-order chi connectivity index (χ0) is 17.0. The second-order valence-corrected chi connectivity index (χ2v) is 5.44. The minimum atomic E-state index is -0.505. The van der Waals surface area contributed by atoms with Crippen LogP contribution in [0.2, 0.25) is 0 Å². The molecule has 23 heavy (non-hydrogen) atoms. The van der Waals surface area contributed by atoms with E-state index in [1.54, 1.807) is 56.3 Å². The van der Waals surface area contributed by atoms with Crippen molar-refractivity contribution < 1.29 is 19.1 Å². The fourth-order valence-corrected chi connectivity index (χ4v) is 1.87. The van der Waals surface area contributed by atoms with Crippen LogP contribution in [-0.2, 0) is 4.74 Å². The molecule has 0 atom stereocenters. The van der Waals surface area contributed by atoms with Gasteiger partial charge in [-0.05, 0) is 62.7 Å². The summed E-state index contributed by atoms with van der Waals surface area (Å²) < 4.78 is 10.4. The van der Waals surface area contributed by atoms with E-state index < -0.39 is 11.9 Å². The molecule has 2 aromatic carbocycles. The van der Waals surface area contributed by atoms with Crippen LogP contribution >= 0.6 is 0 Å². The van der Waals surface area contributed by atoms with E-state index in [1.165, 1.54) is 0 Å². The van der Waals surface area contributed by atoms with Crippen LogP contribution in [-0.4, -0.2) is 18.0 Å². The maximum atomic E-state index is 12.1. The molecule has 2 rings (SSSR count). The number of carbonyl (C=O) groups is 2. The number of carbonyl (C=O) groups excluding carboxylic acids is 2. The Labute approximate surface area is 135 Å². The summed E-state index contributed by atoms with van der Waals surface area (Å²) in [7, 11) is 0. The van der Waals surface area contributed by atoms with Crippen molar-refractivity contribution in [3.63, 3.8) is 0 Å². The van der Waals surface area contributed by atoms with Crippen molar-refractivity contribution in [3.8, 4) is 5.75 Å². The third-order valence-corrected chi connectivity index (χ3v) is 3.16. The van der Waals surface area contributed by atoms with Gasteiger partial charge in [0.2, 0.25) is 0 Å². The van der Waals surface area contributed by atoms with Gasteiger partial charge < -0.3 is 15.2 Å². The average molecular weight is 313 g/mol. The van der Waals surface area contributed by atoms with Gasteiger partial charge in [0.05, 0.1) is 17.2 Å². The third kappa shape index (κ3) is 4.32. The Morgan fingerprint density at radius 2 is 1.57 bits per heavy atom. The second kappa shape index (κ2) is 6.96. The van der Waals surface area contributed by atoms with Crippen molar-refractivity contribution in [2.75, 3.05) is 5.73 Å². The molecule has 0 saturated heterocycles. The van der Waals surface area contributed by atoms with Crippen LogP contribution in [0.5, 0.6) is 5.75 Å². The summed E-state index contributed by atoms with van der Waals surface area (Å²) in [5.41, 5.74) is 7.99. The molecule has 0 bridgehead atoms. The first-order valence-corrected chi connectivity index (χ1v) is 7.26. The van der Waals surface area contributed by atoms with E-state index in [1.807, 2.05) is 6.92 Å². The van der Waals surface area contributed by atoms with Crippen LogP contribution in [0.25, 0.3) is 0 Å². The first kappa shape index (κ1) is 16.5. The molecule has 0 radical (unpaired) electrons. The number of nitrogens with two attached hydrogens (primary N) is 1. The van der Waals surface area contributed by atoms with E-state index >= 15 is 0 Å². The molecule has 0 amide bonds. The minimum absolute atomic E-state index is 0.188. The zero-order valence-corrected chi connectivity index (χ0v) is 13.3. The normalized spacial score (nSPS) is 10.4. The van der Waals surface area contributed by atoms with Crippen molar-refractivity contribution >= 4 is 17.6 Å². The predicted octanol–water partition coefficient (Wildman–Crippen LogP) is 3.36. The molecule has 0 heterocycles. The Morgan fingerprint density at radius 3 is 2.13 bits per heavy atom. The van der Waals surface area contributed by atoms with E-state index in [4.69, 9.17) is 15.2 Å². The SMILES string of the molecule is Cc1ccc(C(=O)Oc2ccc(C(=O)OC(C)C)cc2)cc1N. The Balaban J connectivity index is 2.07. The first-order valence-electron chi connectivity index (χ1n) is 7.26. The molecule has 5 nitrogen and oxygen atoms in total. The molecule has 0 saturated carbocycles. The van der Waals surface area contributed by atoms with E-state index in [0.717, 1.165) is 5.56 Å². The number of aryl methyl sites for hydroxylation is 1. The van der Waals surface area contributed by atoms with Crippen LogP contribution in [0, 0.1) is 6.92 Å². The summed E-state index contributed by atoms with van der Waals surface area (Å²) in [4.78, 5) is 23.8. The van der Waals surface area contributed by atoms with Crippen LogP contribution in [0.1, 0.15) is 40.1 Å². The highest BCUT2D eigenvalue weighted by atomic mass is 16.5. The Kier molecular flexibility index (Phi) is 5.01. The highest BCUT2D eigenvalue weighted by Gasteiger charge is 2.12. The number of ether oxygens (including phenoxy) is 2. The summed E-state index contributed by atoms with van der Waals surface area (Å²) >= 11 is 0. The molecule has 0 aliphatic heterocycles. The number of nitrogen functional groups attached to an aromatic ring is 1. The van der Waals surface area contributed by atoms with Gasteiger partial charge in [0.15, 0.2) is 0 Å². The number of esters is 2. The van der Waals surface area contributed by atoms with Gasteiger partial charge in [0.1, 0.15) is 5.75 Å². The van der Waals surface area contributed by atoms with Gasteiger partial charge >= 0.3 is 11.9 Å². The van der Waals surface area contributed by atoms with Gasteiger partial charge in [-0.3, -0.25) is 0 Å². The second-order valence-electron chi connectivity index (χ2n) is 5.44. The number of hydrogen-bond donors (Lipinski definition) is 1. The summed E-state index contributed by atoms with van der Waals surface area (Å²) in [5.74, 6) is -0.575. The molecule has 0 unspecified atom stereocenters. The van der Waals surface area contributed by atoms with Crippen LogP contribution in [0.4, 0.5) is 5.69 Å². The monoisotopic (exact) mass is 313 g/mol. The number of rotatable bonds is 4. The fourth-order valence-electron chi connectivity index (χ4n) is 1.87. The van der Waals surface area contributed by atoms with Gasteiger partial charge in [-0.1, -0.05) is 6.07 Å². The summed E-state index contributed by atoms with van der Waals surface area (Å²) in [6.45, 7) is 5.42. The lowest BCUT2D eigenvalue weighted by Gasteiger charge is -2.09. The Hall–Kier alpha value is -2.82. The van der Waals surface area contributed by atoms with Crippen LogP contribution < -0.4 is 10.5 Å². The maximum Gasteiger partial charge on any atom is 0.343 e. The lowest BCUT2D eigenvalue weighted by atomic mass is 10.1. The topological polar surface area (TPSA) is 78.6 Å². The molecule has 120 valence electrons. The van der Waals surface area contributed by atoms with Crippen LogP contribution in [0.3, 0.4) is 0 Å². The Morgan fingerprint density at radius 1 is 0.957 bits per heavy atom. The van der Waals surface area contributed by atoms with Gasteiger partial charge in [-0.25, -0.2) is 9.59 Å². The number of benzene rings is 2. The fraction of sp³-hybridized carbons (Fsp3) is 0.222. The van der Waals surface area contributed by atoms with Gasteiger partial charge in [0, 0.05) is 5.69 Å². The van der Waals surface area contributed by atoms with E-state index in [2.05, 4.69) is 0 Å². The molecule has 5 heteroatoms. The predicted molar refractivity (Wildman–Crippen MR) is 87.5 cm³/mol. The van der Waals surface area contributed by atoms with Crippen LogP contribution in [0.15, 0.2) is 42.5 Å². The van der Waals surface area contributed by atoms with E-state index in [0.29, 0.717) is 22.6 Å². The minimum Gasteiger partial charge on any atom is -0.459 e. The summed E-state index contributed by atoms with van der Waals surface area (Å²) in [5, 5.41) is 0. The number of hydrogen-bond acceptors (Lipinski definition) is 5. The molecule has 2 aromatic rings. The summed E-state index contributed by atoms with van der Waals surface area (Å²) in [6.07, 6.45) is -0.188.